The lowest BCUT2D eigenvalue weighted by atomic mass is 10.1. The van der Waals surface area contributed by atoms with Crippen molar-refractivity contribution in [2.24, 2.45) is 0 Å². The predicted octanol–water partition coefficient (Wildman–Crippen LogP) is 2.59. The van der Waals surface area contributed by atoms with Gasteiger partial charge in [-0.15, -0.1) is 0 Å². The van der Waals surface area contributed by atoms with Crippen LogP contribution in [0.25, 0.3) is 0 Å². The summed E-state index contributed by atoms with van der Waals surface area (Å²) in [7, 11) is 0. The van der Waals surface area contributed by atoms with Crippen LogP contribution < -0.4 is 0 Å². The van der Waals surface area contributed by atoms with Gasteiger partial charge in [-0.1, -0.05) is 24.3 Å². The molecule has 4 nitrogen and oxygen atoms in total. The molecule has 1 N–H and O–H groups in total. The summed E-state index contributed by atoms with van der Waals surface area (Å²) in [5.74, 6) is -1.07. The Morgan fingerprint density at radius 3 is 2.11 bits per heavy atom. The monoisotopic (exact) mass is 264 g/mol. The molecule has 0 aliphatic carbocycles. The molecule has 0 saturated heterocycles. The Bertz CT molecular complexity index is 440. The minimum absolute atomic E-state index is 0.0202. The van der Waals surface area contributed by atoms with E-state index >= 15 is 0 Å². The zero-order valence-electron chi connectivity index (χ0n) is 11.6. The van der Waals surface area contributed by atoms with E-state index in [2.05, 4.69) is 0 Å². The highest BCUT2D eigenvalue weighted by Gasteiger charge is 2.15. The van der Waals surface area contributed by atoms with E-state index in [0.717, 1.165) is 11.1 Å². The fraction of sp³-hybridized carbons (Fsp3) is 0.467. The molecule has 0 spiro atoms. The van der Waals surface area contributed by atoms with Crippen molar-refractivity contribution in [1.82, 2.24) is 0 Å². The SMILES string of the molecule is CC(C)(C)OC(=O)CCc1ccc(CC(=O)O)cc1. The molecular formula is C15H20O4. The second kappa shape index (κ2) is 6.36. The van der Waals surface area contributed by atoms with Crippen LogP contribution in [-0.4, -0.2) is 22.6 Å². The van der Waals surface area contributed by atoms with Crippen LogP contribution in [0.4, 0.5) is 0 Å². The Morgan fingerprint density at radius 1 is 1.11 bits per heavy atom. The number of hydrogen-bond acceptors (Lipinski definition) is 3. The molecule has 0 unspecified atom stereocenters. The van der Waals surface area contributed by atoms with Crippen molar-refractivity contribution in [3.05, 3.63) is 35.4 Å². The number of aliphatic carboxylic acids is 1. The van der Waals surface area contributed by atoms with E-state index in [9.17, 15) is 9.59 Å². The lowest BCUT2D eigenvalue weighted by molar-refractivity contribution is -0.154. The molecule has 1 aromatic carbocycles. The van der Waals surface area contributed by atoms with E-state index in [1.165, 1.54) is 0 Å². The first-order valence-corrected chi connectivity index (χ1v) is 6.28. The molecule has 0 atom stereocenters. The van der Waals surface area contributed by atoms with Gasteiger partial charge in [0.1, 0.15) is 5.60 Å². The Kier molecular flexibility index (Phi) is 5.10. The van der Waals surface area contributed by atoms with Gasteiger partial charge >= 0.3 is 11.9 Å². The number of benzene rings is 1. The largest absolute Gasteiger partial charge is 0.481 e. The first kappa shape index (κ1) is 15.2. The Morgan fingerprint density at radius 2 is 1.63 bits per heavy atom. The van der Waals surface area contributed by atoms with Crippen LogP contribution >= 0.6 is 0 Å². The van der Waals surface area contributed by atoms with Gasteiger partial charge in [0.25, 0.3) is 0 Å². The van der Waals surface area contributed by atoms with Crippen molar-refractivity contribution in [2.75, 3.05) is 0 Å². The summed E-state index contributed by atoms with van der Waals surface area (Å²) >= 11 is 0. The van der Waals surface area contributed by atoms with Crippen LogP contribution in [-0.2, 0) is 27.2 Å². The van der Waals surface area contributed by atoms with Gasteiger partial charge in [-0.3, -0.25) is 9.59 Å². The highest BCUT2D eigenvalue weighted by Crippen LogP contribution is 2.11. The molecule has 0 aliphatic heterocycles. The summed E-state index contributed by atoms with van der Waals surface area (Å²) in [4.78, 5) is 22.1. The highest BCUT2D eigenvalue weighted by atomic mass is 16.6. The molecule has 0 heterocycles. The molecule has 0 aromatic heterocycles. The van der Waals surface area contributed by atoms with Gasteiger partial charge < -0.3 is 9.84 Å². The van der Waals surface area contributed by atoms with Crippen molar-refractivity contribution < 1.29 is 19.4 Å². The van der Waals surface area contributed by atoms with E-state index < -0.39 is 11.6 Å². The quantitative estimate of drug-likeness (QED) is 0.830. The zero-order chi connectivity index (χ0) is 14.5. The van der Waals surface area contributed by atoms with Gasteiger partial charge in [0.2, 0.25) is 0 Å². The van der Waals surface area contributed by atoms with E-state index in [4.69, 9.17) is 9.84 Å². The van der Waals surface area contributed by atoms with Crippen molar-refractivity contribution in [1.29, 1.82) is 0 Å². The molecule has 19 heavy (non-hydrogen) atoms. The third-order valence-corrected chi connectivity index (χ3v) is 2.42. The summed E-state index contributed by atoms with van der Waals surface area (Å²) in [6.45, 7) is 5.52. The number of rotatable bonds is 5. The Balaban J connectivity index is 2.46. The number of hydrogen-bond donors (Lipinski definition) is 1. The molecule has 0 fully saturated rings. The van der Waals surface area contributed by atoms with E-state index in [1.807, 2.05) is 32.9 Å². The molecule has 0 aliphatic rings. The summed E-state index contributed by atoms with van der Waals surface area (Å²) in [5, 5.41) is 8.66. The molecule has 4 heteroatoms. The van der Waals surface area contributed by atoms with Crippen molar-refractivity contribution in [3.63, 3.8) is 0 Å². The average Bonchev–Trinajstić information content (AvgIpc) is 2.25. The van der Waals surface area contributed by atoms with Gasteiger partial charge in [0, 0.05) is 6.42 Å². The van der Waals surface area contributed by atoms with Crippen LogP contribution in [0, 0.1) is 0 Å². The maximum absolute atomic E-state index is 11.5. The topological polar surface area (TPSA) is 63.6 Å². The number of carboxylic acids is 1. The standard InChI is InChI=1S/C15H20O4/c1-15(2,3)19-14(18)9-8-11-4-6-12(7-5-11)10-13(16)17/h4-7H,8-10H2,1-3H3,(H,16,17). The highest BCUT2D eigenvalue weighted by molar-refractivity contribution is 5.70. The fourth-order valence-corrected chi connectivity index (χ4v) is 1.64. The number of esters is 1. The van der Waals surface area contributed by atoms with Gasteiger partial charge in [-0.2, -0.15) is 0 Å². The second-order valence-electron chi connectivity index (χ2n) is 5.47. The third kappa shape index (κ3) is 6.60. The summed E-state index contributed by atoms with van der Waals surface area (Å²) in [5.41, 5.74) is 1.30. The van der Waals surface area contributed by atoms with Crippen molar-refractivity contribution in [2.45, 2.75) is 45.6 Å². The molecule has 0 amide bonds. The summed E-state index contributed by atoms with van der Waals surface area (Å²) < 4.78 is 5.22. The van der Waals surface area contributed by atoms with Crippen LogP contribution in [0.15, 0.2) is 24.3 Å². The lowest BCUT2D eigenvalue weighted by Gasteiger charge is -2.19. The molecule has 104 valence electrons. The van der Waals surface area contributed by atoms with Crippen LogP contribution in [0.3, 0.4) is 0 Å². The van der Waals surface area contributed by atoms with E-state index in [0.29, 0.717) is 12.8 Å². The van der Waals surface area contributed by atoms with Crippen LogP contribution in [0.2, 0.25) is 0 Å². The van der Waals surface area contributed by atoms with Crippen molar-refractivity contribution in [3.8, 4) is 0 Å². The van der Waals surface area contributed by atoms with Crippen LogP contribution in [0.5, 0.6) is 0 Å². The predicted molar refractivity (Wildman–Crippen MR) is 71.9 cm³/mol. The van der Waals surface area contributed by atoms with Gasteiger partial charge in [0.05, 0.1) is 6.42 Å². The summed E-state index contributed by atoms with van der Waals surface area (Å²) in [6, 6.07) is 7.25. The lowest BCUT2D eigenvalue weighted by Crippen LogP contribution is -2.24. The maximum atomic E-state index is 11.5. The first-order chi connectivity index (χ1) is 8.76. The van der Waals surface area contributed by atoms with Crippen LogP contribution in [0.1, 0.15) is 38.3 Å². The van der Waals surface area contributed by atoms with E-state index in [-0.39, 0.29) is 12.4 Å². The number of ether oxygens (including phenoxy) is 1. The second-order valence-corrected chi connectivity index (χ2v) is 5.47. The van der Waals surface area contributed by atoms with Gasteiger partial charge in [-0.05, 0) is 38.3 Å². The molecular weight excluding hydrogens is 244 g/mol. The first-order valence-electron chi connectivity index (χ1n) is 6.28. The Labute approximate surface area is 113 Å². The number of carboxylic acid groups (broad SMARTS) is 1. The number of carbonyl (C=O) groups is 2. The van der Waals surface area contributed by atoms with Gasteiger partial charge in [0.15, 0.2) is 0 Å². The molecule has 0 bridgehead atoms. The van der Waals surface area contributed by atoms with Crippen molar-refractivity contribution >= 4 is 11.9 Å². The summed E-state index contributed by atoms with van der Waals surface area (Å²) in [6.07, 6.45) is 0.949. The minimum Gasteiger partial charge on any atom is -0.481 e. The number of carbonyl (C=O) groups excluding carboxylic acids is 1. The maximum Gasteiger partial charge on any atom is 0.307 e. The Hall–Kier alpha value is -1.84. The molecule has 1 aromatic rings. The normalized spacial score (nSPS) is 11.1. The molecule has 0 saturated carbocycles. The smallest absolute Gasteiger partial charge is 0.307 e. The minimum atomic E-state index is -0.846. The fourth-order valence-electron chi connectivity index (χ4n) is 1.64. The average molecular weight is 264 g/mol. The molecule has 1 rings (SSSR count). The third-order valence-electron chi connectivity index (χ3n) is 2.42. The number of aryl methyl sites for hydroxylation is 1. The van der Waals surface area contributed by atoms with Gasteiger partial charge in [-0.25, -0.2) is 0 Å². The zero-order valence-corrected chi connectivity index (χ0v) is 11.6. The molecule has 0 radical (unpaired) electrons. The van der Waals surface area contributed by atoms with E-state index in [1.54, 1.807) is 12.1 Å².